The van der Waals surface area contributed by atoms with Crippen molar-refractivity contribution >= 4 is 34.0 Å². The van der Waals surface area contributed by atoms with Crippen molar-refractivity contribution in [2.24, 2.45) is 0 Å². The predicted molar refractivity (Wildman–Crippen MR) is 118 cm³/mol. The molecule has 0 fully saturated rings. The van der Waals surface area contributed by atoms with Crippen LogP contribution in [-0.2, 0) is 12.7 Å². The molecule has 1 unspecified atom stereocenters. The van der Waals surface area contributed by atoms with Gasteiger partial charge in [0.2, 0.25) is 0 Å². The van der Waals surface area contributed by atoms with E-state index < -0.39 is 23.0 Å². The molecule has 1 atom stereocenters. The molecule has 3 heterocycles. The second-order valence-electron chi connectivity index (χ2n) is 7.43. The fourth-order valence-corrected chi connectivity index (χ4v) is 4.09. The van der Waals surface area contributed by atoms with Gasteiger partial charge in [-0.3, -0.25) is 4.79 Å². The van der Waals surface area contributed by atoms with Gasteiger partial charge in [0.25, 0.3) is 5.91 Å². The molecular weight excluding hydrogens is 453 g/mol. The molecule has 170 valence electrons. The van der Waals surface area contributed by atoms with Crippen LogP contribution < -0.4 is 5.73 Å². The van der Waals surface area contributed by atoms with Gasteiger partial charge in [0, 0.05) is 23.3 Å². The van der Waals surface area contributed by atoms with Gasteiger partial charge in [0.1, 0.15) is 21.5 Å². The molecule has 4 aromatic rings. The summed E-state index contributed by atoms with van der Waals surface area (Å²) in [4.78, 5) is 30.7. The number of halogens is 3. The van der Waals surface area contributed by atoms with Crippen LogP contribution >= 0.6 is 11.3 Å². The van der Waals surface area contributed by atoms with E-state index in [1.54, 1.807) is 43.6 Å². The molecule has 0 aliphatic carbocycles. The number of nitrogens with two attached hydrogens (primary N) is 1. The van der Waals surface area contributed by atoms with Gasteiger partial charge in [-0.1, -0.05) is 0 Å². The summed E-state index contributed by atoms with van der Waals surface area (Å²) in [7, 11) is 0. The topological polar surface area (TPSA) is 97.9 Å². The van der Waals surface area contributed by atoms with E-state index >= 15 is 0 Å². The number of amides is 1. The number of benzene rings is 1. The molecule has 4 rings (SSSR count). The summed E-state index contributed by atoms with van der Waals surface area (Å²) in [6, 6.07) is 7.85. The van der Waals surface area contributed by atoms with Crippen LogP contribution in [0.1, 0.15) is 44.6 Å². The van der Waals surface area contributed by atoms with E-state index in [1.807, 2.05) is 13.0 Å². The number of carbonyl (C=O) groups is 1. The Bertz CT molecular complexity index is 1310. The number of fused-ring (bicyclic) bond motifs is 1. The third-order valence-electron chi connectivity index (χ3n) is 5.12. The zero-order valence-electron chi connectivity index (χ0n) is 17.7. The zero-order chi connectivity index (χ0) is 23.8. The minimum Gasteiger partial charge on any atom is -0.383 e. The summed E-state index contributed by atoms with van der Waals surface area (Å²) in [5.74, 6) is 0.377. The minimum absolute atomic E-state index is 0.129. The second kappa shape index (κ2) is 8.74. The van der Waals surface area contributed by atoms with E-state index in [-0.39, 0.29) is 11.6 Å². The van der Waals surface area contributed by atoms with E-state index in [0.29, 0.717) is 34.1 Å². The number of rotatable bonds is 5. The van der Waals surface area contributed by atoms with Crippen LogP contribution in [0.4, 0.5) is 19.0 Å². The number of aromatic nitrogens is 4. The Balaban J connectivity index is 1.72. The lowest BCUT2D eigenvalue weighted by molar-refractivity contribution is -0.134. The highest BCUT2D eigenvalue weighted by atomic mass is 32.1. The molecule has 2 N–H and O–H groups in total. The van der Waals surface area contributed by atoms with Crippen molar-refractivity contribution in [3.8, 4) is 0 Å². The van der Waals surface area contributed by atoms with Gasteiger partial charge in [0.05, 0.1) is 24.3 Å². The third-order valence-corrected chi connectivity index (χ3v) is 6.14. The van der Waals surface area contributed by atoms with Crippen LogP contribution in [0.5, 0.6) is 0 Å². The number of thiazole rings is 1. The highest BCUT2D eigenvalue weighted by Crippen LogP contribution is 2.34. The molecule has 0 saturated carbocycles. The van der Waals surface area contributed by atoms with E-state index in [1.165, 1.54) is 4.90 Å². The summed E-state index contributed by atoms with van der Waals surface area (Å²) in [6.07, 6.45) is -0.631. The minimum atomic E-state index is -4.50. The first-order valence-corrected chi connectivity index (χ1v) is 10.7. The first-order valence-electron chi connectivity index (χ1n) is 9.90. The quantitative estimate of drug-likeness (QED) is 0.448. The van der Waals surface area contributed by atoms with E-state index in [4.69, 9.17) is 5.73 Å². The van der Waals surface area contributed by atoms with Gasteiger partial charge in [-0.25, -0.2) is 19.9 Å². The van der Waals surface area contributed by atoms with Gasteiger partial charge in [-0.2, -0.15) is 13.2 Å². The molecule has 0 saturated heterocycles. The number of nitrogen functional groups attached to an aromatic ring is 1. The van der Waals surface area contributed by atoms with Gasteiger partial charge in [-0.05, 0) is 49.7 Å². The first-order chi connectivity index (χ1) is 15.6. The van der Waals surface area contributed by atoms with Crippen LogP contribution in [0.2, 0.25) is 0 Å². The fourth-order valence-electron chi connectivity index (χ4n) is 3.31. The standard InChI is InChI=1S/C22H19F3N6OS/c1-12-8-15-9-14(4-5-16(15)30-19(12)26)21(32)31(13(2)20-27-6-3-7-28-20)11-18-29-10-17(33-18)22(23,24)25/h3-10,13H,11H2,1-2H3,(H2,26,30). The van der Waals surface area contributed by atoms with Crippen molar-refractivity contribution in [1.82, 2.24) is 24.8 Å². The number of alkyl halides is 3. The van der Waals surface area contributed by atoms with Crippen LogP contribution in [0.15, 0.2) is 48.9 Å². The van der Waals surface area contributed by atoms with Crippen LogP contribution in [-0.4, -0.2) is 30.7 Å². The Morgan fingerprint density at radius 1 is 1.18 bits per heavy atom. The van der Waals surface area contributed by atoms with Crippen molar-refractivity contribution in [3.63, 3.8) is 0 Å². The summed E-state index contributed by atoms with van der Waals surface area (Å²) in [6.45, 7) is 3.41. The number of carbonyl (C=O) groups excluding carboxylic acids is 1. The Kier molecular flexibility index (Phi) is 5.98. The Hall–Kier alpha value is -3.60. The number of aryl methyl sites for hydroxylation is 1. The first kappa shape index (κ1) is 22.6. The highest BCUT2D eigenvalue weighted by Gasteiger charge is 2.34. The number of anilines is 1. The molecular formula is C22H19F3N6OS. The zero-order valence-corrected chi connectivity index (χ0v) is 18.5. The Morgan fingerprint density at radius 3 is 2.58 bits per heavy atom. The van der Waals surface area contributed by atoms with Crippen LogP contribution in [0.25, 0.3) is 10.9 Å². The summed E-state index contributed by atoms with van der Waals surface area (Å²) in [5, 5.41) is 0.884. The van der Waals surface area contributed by atoms with Crippen molar-refractivity contribution in [2.75, 3.05) is 5.73 Å². The van der Waals surface area contributed by atoms with Gasteiger partial charge >= 0.3 is 6.18 Å². The molecule has 0 radical (unpaired) electrons. The van der Waals surface area contributed by atoms with Gasteiger partial charge in [0.15, 0.2) is 0 Å². The largest absolute Gasteiger partial charge is 0.427 e. The van der Waals surface area contributed by atoms with E-state index in [2.05, 4.69) is 19.9 Å². The Labute approximate surface area is 191 Å². The van der Waals surface area contributed by atoms with Crippen molar-refractivity contribution in [2.45, 2.75) is 32.6 Å². The normalized spacial score (nSPS) is 12.6. The fraction of sp³-hybridized carbons (Fsp3) is 0.227. The van der Waals surface area contributed by atoms with Gasteiger partial charge < -0.3 is 10.6 Å². The maximum Gasteiger partial charge on any atom is 0.427 e. The predicted octanol–water partition coefficient (Wildman–Crippen LogP) is 4.79. The van der Waals surface area contributed by atoms with Crippen LogP contribution in [0.3, 0.4) is 0 Å². The Morgan fingerprint density at radius 2 is 1.91 bits per heavy atom. The maximum absolute atomic E-state index is 13.5. The molecule has 0 bridgehead atoms. The molecule has 0 aliphatic rings. The average molecular weight is 472 g/mol. The van der Waals surface area contributed by atoms with E-state index in [0.717, 1.165) is 17.1 Å². The highest BCUT2D eigenvalue weighted by molar-refractivity contribution is 7.11. The van der Waals surface area contributed by atoms with Crippen molar-refractivity contribution in [1.29, 1.82) is 0 Å². The van der Waals surface area contributed by atoms with Crippen molar-refractivity contribution in [3.05, 3.63) is 75.8 Å². The monoisotopic (exact) mass is 472 g/mol. The number of hydrogen-bond acceptors (Lipinski definition) is 7. The third kappa shape index (κ3) is 4.77. The summed E-state index contributed by atoms with van der Waals surface area (Å²) in [5.41, 5.74) is 7.63. The molecule has 3 aromatic heterocycles. The second-order valence-corrected chi connectivity index (χ2v) is 8.55. The molecule has 1 amide bonds. The summed E-state index contributed by atoms with van der Waals surface area (Å²) >= 11 is 0.505. The number of nitrogens with zero attached hydrogens (tertiary/aromatic N) is 5. The lowest BCUT2D eigenvalue weighted by Crippen LogP contribution is -2.34. The summed E-state index contributed by atoms with van der Waals surface area (Å²) < 4.78 is 39.2. The maximum atomic E-state index is 13.5. The molecule has 11 heteroatoms. The SMILES string of the molecule is Cc1cc2cc(C(=O)N(Cc3ncc(C(F)(F)F)s3)C(C)c3ncccn3)ccc2nc1N. The van der Waals surface area contributed by atoms with E-state index in [9.17, 15) is 18.0 Å². The number of hydrogen-bond donors (Lipinski definition) is 1. The lowest BCUT2D eigenvalue weighted by atomic mass is 10.1. The van der Waals surface area contributed by atoms with Gasteiger partial charge in [-0.15, -0.1) is 11.3 Å². The molecule has 33 heavy (non-hydrogen) atoms. The van der Waals surface area contributed by atoms with Crippen molar-refractivity contribution < 1.29 is 18.0 Å². The molecule has 7 nitrogen and oxygen atoms in total. The molecule has 0 spiro atoms. The smallest absolute Gasteiger partial charge is 0.383 e. The number of pyridine rings is 1. The van der Waals surface area contributed by atoms with Crippen LogP contribution in [0, 0.1) is 6.92 Å². The molecule has 0 aliphatic heterocycles. The lowest BCUT2D eigenvalue weighted by Gasteiger charge is -2.27. The average Bonchev–Trinajstić information content (AvgIpc) is 3.27. The molecule has 1 aromatic carbocycles.